The summed E-state index contributed by atoms with van der Waals surface area (Å²) in [6.07, 6.45) is 0.581. The van der Waals surface area contributed by atoms with E-state index in [0.29, 0.717) is 6.42 Å². The maximum atomic E-state index is 13.0. The minimum atomic E-state index is -1.14. The first-order valence-corrected chi connectivity index (χ1v) is 6.39. The molecule has 0 saturated carbocycles. The van der Waals surface area contributed by atoms with Gasteiger partial charge in [-0.05, 0) is 24.1 Å². The Labute approximate surface area is 121 Å². The molecule has 0 aliphatic carbocycles. The van der Waals surface area contributed by atoms with Crippen LogP contribution in [0.4, 0.5) is 14.9 Å². The number of hydrogen-bond acceptors (Lipinski definition) is 3. The van der Waals surface area contributed by atoms with Gasteiger partial charge >= 0.3 is 12.0 Å². The lowest BCUT2D eigenvalue weighted by molar-refractivity contribution is -0.140. The van der Waals surface area contributed by atoms with Crippen LogP contribution in [0, 0.1) is 23.1 Å². The summed E-state index contributed by atoms with van der Waals surface area (Å²) in [4.78, 5) is 22.9. The number of hydrogen-bond donors (Lipinski definition) is 3. The number of carbonyl (C=O) groups is 2. The van der Waals surface area contributed by atoms with E-state index in [9.17, 15) is 14.0 Å². The summed E-state index contributed by atoms with van der Waals surface area (Å²) < 4.78 is 13.0. The summed E-state index contributed by atoms with van der Waals surface area (Å²) in [5, 5.41) is 22.6. The maximum Gasteiger partial charge on any atom is 0.326 e. The van der Waals surface area contributed by atoms with Crippen LogP contribution in [-0.4, -0.2) is 23.1 Å². The molecule has 3 N–H and O–H groups in total. The molecular weight excluding hydrogens is 277 g/mol. The number of benzene rings is 1. The second-order valence-electron chi connectivity index (χ2n) is 4.60. The molecule has 2 amide bonds. The van der Waals surface area contributed by atoms with E-state index in [4.69, 9.17) is 10.4 Å². The molecule has 1 aromatic carbocycles. The van der Waals surface area contributed by atoms with Crippen molar-refractivity contribution in [2.24, 2.45) is 5.92 Å². The van der Waals surface area contributed by atoms with Crippen LogP contribution >= 0.6 is 0 Å². The molecule has 0 spiro atoms. The first kappa shape index (κ1) is 16.4. The molecule has 7 heteroatoms. The summed E-state index contributed by atoms with van der Waals surface area (Å²) in [7, 11) is 0. The molecule has 0 fully saturated rings. The standard InChI is InChI=1S/C14H16FN3O3/c1-3-8(2)12(13(19)20)18-14(21)17-11-5-4-10(15)6-9(11)7-16/h4-6,8,12H,3H2,1-2H3,(H,19,20)(H2,17,18,21). The average molecular weight is 293 g/mol. The van der Waals surface area contributed by atoms with Crippen molar-refractivity contribution >= 4 is 17.7 Å². The van der Waals surface area contributed by atoms with E-state index in [1.54, 1.807) is 13.0 Å². The van der Waals surface area contributed by atoms with Gasteiger partial charge in [0.2, 0.25) is 0 Å². The van der Waals surface area contributed by atoms with Gasteiger partial charge in [0.25, 0.3) is 0 Å². The molecule has 0 bridgehead atoms. The third kappa shape index (κ3) is 4.45. The summed E-state index contributed by atoms with van der Waals surface area (Å²) >= 11 is 0. The van der Waals surface area contributed by atoms with Gasteiger partial charge in [-0.1, -0.05) is 20.3 Å². The van der Waals surface area contributed by atoms with E-state index in [1.165, 1.54) is 6.07 Å². The number of urea groups is 1. The summed E-state index contributed by atoms with van der Waals surface area (Å²) in [5.41, 5.74) is 0.0743. The number of amides is 2. The highest BCUT2D eigenvalue weighted by molar-refractivity contribution is 5.93. The van der Waals surface area contributed by atoms with Crippen molar-refractivity contribution in [3.05, 3.63) is 29.6 Å². The Morgan fingerprint density at radius 3 is 2.67 bits per heavy atom. The monoisotopic (exact) mass is 293 g/mol. The summed E-state index contributed by atoms with van der Waals surface area (Å²) in [6.45, 7) is 3.52. The van der Waals surface area contributed by atoms with Crippen LogP contribution < -0.4 is 10.6 Å². The first-order chi connectivity index (χ1) is 9.88. The normalized spacial score (nSPS) is 12.9. The minimum Gasteiger partial charge on any atom is -0.480 e. The predicted octanol–water partition coefficient (Wildman–Crippen LogP) is 2.32. The predicted molar refractivity (Wildman–Crippen MR) is 74.1 cm³/mol. The lowest BCUT2D eigenvalue weighted by atomic mass is 9.99. The van der Waals surface area contributed by atoms with Crippen molar-refractivity contribution in [1.82, 2.24) is 5.32 Å². The molecule has 0 heterocycles. The van der Waals surface area contributed by atoms with Gasteiger partial charge in [-0.15, -0.1) is 0 Å². The maximum absolute atomic E-state index is 13.0. The molecular formula is C14H16FN3O3. The van der Waals surface area contributed by atoms with Crippen LogP contribution in [0.25, 0.3) is 0 Å². The van der Waals surface area contributed by atoms with Crippen molar-refractivity contribution in [1.29, 1.82) is 5.26 Å². The molecule has 2 atom stereocenters. The van der Waals surface area contributed by atoms with E-state index in [0.717, 1.165) is 12.1 Å². The number of anilines is 1. The Bertz CT molecular complexity index is 583. The fourth-order valence-corrected chi connectivity index (χ4v) is 1.70. The van der Waals surface area contributed by atoms with Crippen LogP contribution in [0.1, 0.15) is 25.8 Å². The zero-order valence-corrected chi connectivity index (χ0v) is 11.7. The molecule has 21 heavy (non-hydrogen) atoms. The summed E-state index contributed by atoms with van der Waals surface area (Å²) in [5.74, 6) is -1.99. The average Bonchev–Trinajstić information content (AvgIpc) is 2.45. The Morgan fingerprint density at radius 2 is 2.14 bits per heavy atom. The minimum absolute atomic E-state index is 0.0411. The zero-order chi connectivity index (χ0) is 16.0. The van der Waals surface area contributed by atoms with Crippen LogP contribution in [0.2, 0.25) is 0 Å². The Balaban J connectivity index is 2.82. The molecule has 0 aromatic heterocycles. The van der Waals surface area contributed by atoms with Gasteiger partial charge in [0, 0.05) is 0 Å². The van der Waals surface area contributed by atoms with E-state index in [-0.39, 0.29) is 17.2 Å². The lowest BCUT2D eigenvalue weighted by Crippen LogP contribution is -2.46. The second kappa shape index (κ2) is 7.24. The number of halogens is 1. The summed E-state index contributed by atoms with van der Waals surface area (Å²) in [6, 6.07) is 3.28. The lowest BCUT2D eigenvalue weighted by Gasteiger charge is -2.20. The van der Waals surface area contributed by atoms with E-state index in [2.05, 4.69) is 10.6 Å². The fraction of sp³-hybridized carbons (Fsp3) is 0.357. The van der Waals surface area contributed by atoms with E-state index in [1.807, 2.05) is 6.92 Å². The highest BCUT2D eigenvalue weighted by Gasteiger charge is 2.25. The number of nitriles is 1. The molecule has 0 radical (unpaired) electrons. The van der Waals surface area contributed by atoms with Gasteiger partial charge in [0.05, 0.1) is 11.3 Å². The molecule has 2 unspecified atom stereocenters. The number of nitrogens with zero attached hydrogens (tertiary/aromatic N) is 1. The van der Waals surface area contributed by atoms with E-state index < -0.39 is 23.9 Å². The van der Waals surface area contributed by atoms with Crippen LogP contribution in [0.5, 0.6) is 0 Å². The Morgan fingerprint density at radius 1 is 1.48 bits per heavy atom. The van der Waals surface area contributed by atoms with Crippen molar-refractivity contribution in [2.45, 2.75) is 26.3 Å². The third-order valence-electron chi connectivity index (χ3n) is 3.12. The van der Waals surface area contributed by atoms with Gasteiger partial charge < -0.3 is 15.7 Å². The van der Waals surface area contributed by atoms with Crippen LogP contribution in [0.15, 0.2) is 18.2 Å². The molecule has 6 nitrogen and oxygen atoms in total. The van der Waals surface area contributed by atoms with Crippen molar-refractivity contribution in [2.75, 3.05) is 5.32 Å². The van der Waals surface area contributed by atoms with E-state index >= 15 is 0 Å². The third-order valence-corrected chi connectivity index (χ3v) is 3.12. The number of nitrogens with one attached hydrogen (secondary N) is 2. The molecule has 112 valence electrons. The van der Waals surface area contributed by atoms with Crippen LogP contribution in [0.3, 0.4) is 0 Å². The van der Waals surface area contributed by atoms with Crippen molar-refractivity contribution < 1.29 is 19.1 Å². The SMILES string of the molecule is CCC(C)C(NC(=O)Nc1ccc(F)cc1C#N)C(=O)O. The van der Waals surface area contributed by atoms with Gasteiger partial charge in [0.1, 0.15) is 17.9 Å². The molecule has 0 aliphatic heterocycles. The van der Waals surface area contributed by atoms with Crippen molar-refractivity contribution in [3.8, 4) is 6.07 Å². The Hall–Kier alpha value is -2.62. The van der Waals surface area contributed by atoms with Gasteiger partial charge in [-0.2, -0.15) is 5.26 Å². The van der Waals surface area contributed by atoms with Gasteiger partial charge in [0.15, 0.2) is 0 Å². The second-order valence-corrected chi connectivity index (χ2v) is 4.60. The molecule has 1 aromatic rings. The van der Waals surface area contributed by atoms with Gasteiger partial charge in [-0.3, -0.25) is 0 Å². The topological polar surface area (TPSA) is 102 Å². The fourth-order valence-electron chi connectivity index (χ4n) is 1.70. The highest BCUT2D eigenvalue weighted by Crippen LogP contribution is 2.16. The zero-order valence-electron chi connectivity index (χ0n) is 11.7. The number of carboxylic acid groups (broad SMARTS) is 1. The smallest absolute Gasteiger partial charge is 0.326 e. The van der Waals surface area contributed by atoms with Crippen molar-refractivity contribution in [3.63, 3.8) is 0 Å². The first-order valence-electron chi connectivity index (χ1n) is 6.39. The largest absolute Gasteiger partial charge is 0.480 e. The Kier molecular flexibility index (Phi) is 5.67. The quantitative estimate of drug-likeness (QED) is 0.775. The highest BCUT2D eigenvalue weighted by atomic mass is 19.1. The number of aliphatic carboxylic acids is 1. The van der Waals surface area contributed by atoms with Gasteiger partial charge in [-0.25, -0.2) is 14.0 Å². The molecule has 0 saturated heterocycles. The molecule has 1 rings (SSSR count). The van der Waals surface area contributed by atoms with Crippen LogP contribution in [-0.2, 0) is 4.79 Å². The number of carboxylic acids is 1. The molecule has 0 aliphatic rings. The number of carbonyl (C=O) groups excluding carboxylic acids is 1. The number of rotatable bonds is 5.